The van der Waals surface area contributed by atoms with Crippen LogP contribution < -0.4 is 10.2 Å². The van der Waals surface area contributed by atoms with Crippen molar-refractivity contribution in [3.63, 3.8) is 0 Å². The fourth-order valence-electron chi connectivity index (χ4n) is 6.35. The molecule has 1 saturated heterocycles. The molecule has 0 radical (unpaired) electrons. The molecule has 0 aliphatic carbocycles. The van der Waals surface area contributed by atoms with Crippen LogP contribution in [0.4, 0.5) is 20.8 Å². The summed E-state index contributed by atoms with van der Waals surface area (Å²) in [6.45, 7) is 24.0. The van der Waals surface area contributed by atoms with Gasteiger partial charge in [0.05, 0.1) is 23.9 Å². The minimum atomic E-state index is -1.40. The molecule has 1 fully saturated rings. The summed E-state index contributed by atoms with van der Waals surface area (Å²) in [5.74, 6) is 0.263. The molecule has 1 aromatic carbocycles. The topological polar surface area (TPSA) is 133 Å². The Hall–Kier alpha value is -4.39. The second kappa shape index (κ2) is 19.1. The number of hydrogen-bond acceptors (Lipinski definition) is 11. The molecule has 316 valence electrons. The van der Waals surface area contributed by atoms with Crippen molar-refractivity contribution < 1.29 is 32.9 Å². The highest BCUT2D eigenvalue weighted by atomic mass is 28.3. The van der Waals surface area contributed by atoms with E-state index in [1.165, 1.54) is 18.2 Å². The van der Waals surface area contributed by atoms with Gasteiger partial charge in [0.15, 0.2) is 5.65 Å². The number of fused-ring (bicyclic) bond motifs is 2. The molecule has 1 aliphatic heterocycles. The maximum atomic E-state index is 14.4. The normalized spacial score (nSPS) is 14.4. The van der Waals surface area contributed by atoms with Gasteiger partial charge >= 0.3 is 12.1 Å². The molecule has 1 N–H and O–H groups in total. The molecule has 0 saturated carbocycles. The third kappa shape index (κ3) is 12.8. The van der Waals surface area contributed by atoms with Gasteiger partial charge in [-0.1, -0.05) is 39.3 Å². The van der Waals surface area contributed by atoms with Crippen molar-refractivity contribution in [1.29, 1.82) is 0 Å². The molecule has 5 rings (SSSR count). The van der Waals surface area contributed by atoms with Gasteiger partial charge in [0.1, 0.15) is 36.5 Å². The van der Waals surface area contributed by atoms with Gasteiger partial charge in [0.2, 0.25) is 0 Å². The van der Waals surface area contributed by atoms with Gasteiger partial charge in [-0.05, 0) is 83.0 Å². The van der Waals surface area contributed by atoms with Crippen molar-refractivity contribution in [3.05, 3.63) is 54.1 Å². The Morgan fingerprint density at radius 2 is 1.64 bits per heavy atom. The lowest BCUT2D eigenvalue weighted by Crippen LogP contribution is -2.44. The molecule has 58 heavy (non-hydrogen) atoms. The third-order valence-corrected chi connectivity index (χ3v) is 13.0. The molecule has 1 aliphatic rings. The number of pyridine rings is 1. The first-order valence-corrected chi connectivity index (χ1v) is 27.7. The fourth-order valence-corrected chi connectivity index (χ4v) is 7.86. The Bertz CT molecular complexity index is 2050. The lowest BCUT2D eigenvalue weighted by atomic mass is 10.0. The van der Waals surface area contributed by atoms with Gasteiger partial charge < -0.3 is 34.1 Å². The summed E-state index contributed by atoms with van der Waals surface area (Å²) in [4.78, 5) is 39.4. The molecule has 4 aromatic rings. The number of carbonyl (C=O) groups excluding carboxylic acids is 2. The first-order chi connectivity index (χ1) is 27.3. The SMILES string of the molecule is CCOC(=O)C=Cc1c(NC2CCN(C(=O)OC(C)(C)C)CC2)nc2c(-c3cnc4ccc(F)cc4c3)cnn2c1N(COCC[Si](C)(C)C)COCC[Si](C)(C)C. The zero-order valence-electron chi connectivity index (χ0n) is 36.0. The molecule has 0 spiro atoms. The second-order valence-electron chi connectivity index (χ2n) is 18.3. The number of amides is 1. The molecular weight excluding hydrogens is 774 g/mol. The Labute approximate surface area is 344 Å². The minimum absolute atomic E-state index is 0.0673. The lowest BCUT2D eigenvalue weighted by Gasteiger charge is -2.34. The summed E-state index contributed by atoms with van der Waals surface area (Å²) in [6, 6.07) is 8.29. The monoisotopic (exact) mass is 835 g/mol. The molecular formula is C42H62FN7O6Si2. The van der Waals surface area contributed by atoms with Crippen molar-refractivity contribution in [3.8, 4) is 11.1 Å². The maximum Gasteiger partial charge on any atom is 0.410 e. The average Bonchev–Trinajstić information content (AvgIpc) is 3.55. The van der Waals surface area contributed by atoms with Crippen LogP contribution in [0.25, 0.3) is 33.8 Å². The summed E-state index contributed by atoms with van der Waals surface area (Å²) in [7, 11) is -2.79. The van der Waals surface area contributed by atoms with E-state index in [1.807, 2.05) is 31.7 Å². The van der Waals surface area contributed by atoms with E-state index in [2.05, 4.69) is 49.6 Å². The molecule has 16 heteroatoms. The second-order valence-corrected chi connectivity index (χ2v) is 29.5. The number of esters is 1. The van der Waals surface area contributed by atoms with Gasteiger partial charge in [-0.25, -0.2) is 19.0 Å². The van der Waals surface area contributed by atoms with Gasteiger partial charge in [0.25, 0.3) is 0 Å². The molecule has 3 aromatic heterocycles. The quantitative estimate of drug-likeness (QED) is 0.0360. The minimum Gasteiger partial charge on any atom is -0.463 e. The number of rotatable bonds is 17. The number of piperidine rings is 1. The number of hydrogen-bond donors (Lipinski definition) is 1. The largest absolute Gasteiger partial charge is 0.463 e. The number of halogens is 1. The van der Waals surface area contributed by atoms with Gasteiger partial charge in [-0.2, -0.15) is 9.61 Å². The summed E-state index contributed by atoms with van der Waals surface area (Å²) >= 11 is 0. The number of nitrogens with one attached hydrogen (secondary N) is 1. The van der Waals surface area contributed by atoms with Crippen molar-refractivity contribution in [2.24, 2.45) is 0 Å². The summed E-state index contributed by atoms with van der Waals surface area (Å²) in [5, 5.41) is 9.23. The van der Waals surface area contributed by atoms with E-state index in [9.17, 15) is 14.0 Å². The van der Waals surface area contributed by atoms with Crippen LogP contribution in [-0.2, 0) is 23.7 Å². The van der Waals surface area contributed by atoms with Gasteiger partial charge in [0, 0.05) is 77.3 Å². The Kier molecular flexibility index (Phi) is 14.7. The van der Waals surface area contributed by atoms with Crippen molar-refractivity contribution in [1.82, 2.24) is 24.5 Å². The van der Waals surface area contributed by atoms with E-state index < -0.39 is 27.7 Å². The number of benzene rings is 1. The number of anilines is 2. The van der Waals surface area contributed by atoms with E-state index >= 15 is 0 Å². The van der Waals surface area contributed by atoms with E-state index in [-0.39, 0.29) is 38.0 Å². The van der Waals surface area contributed by atoms with Crippen LogP contribution in [0.2, 0.25) is 51.4 Å². The zero-order valence-corrected chi connectivity index (χ0v) is 38.0. The van der Waals surface area contributed by atoms with Crippen molar-refractivity contribution in [2.45, 2.75) is 104 Å². The summed E-state index contributed by atoms with van der Waals surface area (Å²) in [5.41, 5.74) is 2.57. The van der Waals surface area contributed by atoms with Crippen molar-refractivity contribution >= 4 is 62.5 Å². The molecule has 4 heterocycles. The fraction of sp³-hybridized carbons (Fsp3) is 0.548. The Morgan fingerprint density at radius 3 is 2.24 bits per heavy atom. The first kappa shape index (κ1) is 44.7. The number of aromatic nitrogens is 4. The summed E-state index contributed by atoms with van der Waals surface area (Å²) < 4.78 is 39.9. The van der Waals surface area contributed by atoms with Crippen LogP contribution in [0, 0.1) is 5.82 Å². The predicted molar refractivity (Wildman–Crippen MR) is 234 cm³/mol. The van der Waals surface area contributed by atoms with Crippen LogP contribution in [0.1, 0.15) is 46.1 Å². The molecule has 13 nitrogen and oxygen atoms in total. The van der Waals surface area contributed by atoms with Crippen molar-refractivity contribution in [2.75, 3.05) is 56.6 Å². The number of carbonyl (C=O) groups is 2. The first-order valence-electron chi connectivity index (χ1n) is 20.3. The van der Waals surface area contributed by atoms with E-state index in [0.717, 1.165) is 12.1 Å². The average molecular weight is 836 g/mol. The zero-order chi connectivity index (χ0) is 42.3. The Morgan fingerprint density at radius 1 is 0.983 bits per heavy atom. The molecule has 1 amide bonds. The van der Waals surface area contributed by atoms with Crippen LogP contribution in [0.5, 0.6) is 0 Å². The van der Waals surface area contributed by atoms with Crippen LogP contribution in [0.15, 0.2) is 42.7 Å². The van der Waals surface area contributed by atoms with Crippen LogP contribution in [0.3, 0.4) is 0 Å². The highest BCUT2D eigenvalue weighted by Gasteiger charge is 2.30. The van der Waals surface area contributed by atoms with Crippen LogP contribution >= 0.6 is 0 Å². The Balaban J connectivity index is 1.64. The van der Waals surface area contributed by atoms with E-state index in [1.54, 1.807) is 40.9 Å². The van der Waals surface area contributed by atoms with Gasteiger partial charge in [-0.3, -0.25) is 4.98 Å². The van der Waals surface area contributed by atoms with Gasteiger partial charge in [-0.15, -0.1) is 0 Å². The predicted octanol–water partition coefficient (Wildman–Crippen LogP) is 8.90. The smallest absolute Gasteiger partial charge is 0.410 e. The van der Waals surface area contributed by atoms with E-state index in [4.69, 9.17) is 29.0 Å². The third-order valence-electron chi connectivity index (χ3n) is 9.56. The number of ether oxygens (including phenoxy) is 4. The molecule has 0 atom stereocenters. The molecule has 0 bridgehead atoms. The highest BCUT2D eigenvalue weighted by Crippen LogP contribution is 2.35. The number of nitrogens with zero attached hydrogens (tertiary/aromatic N) is 6. The standard InChI is InChI=1S/C42H62FN7O6Si2/c1-11-55-37(51)15-13-34-38(46-33-16-18-48(19-17-33)41(52)56-42(2,3)4)47-39-35(31-24-30-25-32(43)12-14-36(30)44-26-31)27-45-50(39)40(34)49(28-53-20-22-57(5,6)7)29-54-21-23-58(8,9)10/h12-15,24-27,33H,11,16-23,28-29H2,1-10H3,(H,46,47). The number of likely N-dealkylation sites (tertiary alicyclic amines) is 1. The maximum absolute atomic E-state index is 14.4. The van der Waals surface area contributed by atoms with Crippen LogP contribution in [-0.4, -0.2) is 111 Å². The lowest BCUT2D eigenvalue weighted by molar-refractivity contribution is -0.137. The highest BCUT2D eigenvalue weighted by molar-refractivity contribution is 6.76. The van der Waals surface area contributed by atoms with E-state index in [0.29, 0.717) is 84.0 Å². The summed E-state index contributed by atoms with van der Waals surface area (Å²) in [6.07, 6.45) is 7.51. The molecule has 0 unspecified atom stereocenters.